The average Bonchev–Trinajstić information content (AvgIpc) is 2.86. The maximum Gasteiger partial charge on any atom is 0.256 e. The largest absolute Gasteiger partial charge is 0.373 e. The van der Waals surface area contributed by atoms with E-state index in [2.05, 4.69) is 0 Å². The van der Waals surface area contributed by atoms with E-state index in [4.69, 9.17) is 39.5 Å². The SMILES string of the molecule is O=C1[C@H]2[C@H](C(=O)N1SC(Cl)(Cl)Cl)[C@H]1CC[C@H]2O1. The Morgan fingerprint density at radius 3 is 2.00 bits per heavy atom. The van der Waals surface area contributed by atoms with E-state index < -0.39 is 3.12 Å². The van der Waals surface area contributed by atoms with E-state index in [1.807, 2.05) is 0 Å². The lowest BCUT2D eigenvalue weighted by atomic mass is 9.81. The quantitative estimate of drug-likeness (QED) is 0.422. The van der Waals surface area contributed by atoms with E-state index in [-0.39, 0.29) is 35.9 Å². The highest BCUT2D eigenvalue weighted by Gasteiger charge is 2.63. The van der Waals surface area contributed by atoms with Gasteiger partial charge in [0.25, 0.3) is 3.12 Å². The van der Waals surface area contributed by atoms with Crippen molar-refractivity contribution in [2.75, 3.05) is 0 Å². The molecule has 2 bridgehead atoms. The zero-order valence-corrected chi connectivity index (χ0v) is 11.5. The molecule has 94 valence electrons. The monoisotopic (exact) mass is 315 g/mol. The number of nitrogens with zero attached hydrogens (tertiary/aromatic N) is 1. The van der Waals surface area contributed by atoms with E-state index in [1.165, 1.54) is 0 Å². The van der Waals surface area contributed by atoms with Crippen LogP contribution in [-0.2, 0) is 14.3 Å². The first-order valence-corrected chi connectivity index (χ1v) is 7.08. The molecule has 4 nitrogen and oxygen atoms in total. The van der Waals surface area contributed by atoms with E-state index in [0.717, 1.165) is 17.1 Å². The third-order valence-electron chi connectivity index (χ3n) is 3.44. The molecule has 0 aromatic heterocycles. The molecule has 0 aromatic rings. The molecule has 8 heteroatoms. The van der Waals surface area contributed by atoms with Gasteiger partial charge in [-0.1, -0.05) is 34.8 Å². The van der Waals surface area contributed by atoms with Crippen LogP contribution in [0.2, 0.25) is 0 Å². The van der Waals surface area contributed by atoms with Crippen molar-refractivity contribution in [2.45, 2.75) is 28.2 Å². The van der Waals surface area contributed by atoms with Crippen LogP contribution in [0.15, 0.2) is 0 Å². The molecule has 3 aliphatic rings. The molecule has 3 rings (SSSR count). The highest BCUT2D eigenvalue weighted by molar-refractivity contribution is 8.03. The van der Waals surface area contributed by atoms with Crippen molar-refractivity contribution in [3.8, 4) is 0 Å². The molecule has 3 saturated heterocycles. The highest BCUT2D eigenvalue weighted by atomic mass is 35.6. The van der Waals surface area contributed by atoms with Crippen molar-refractivity contribution in [2.24, 2.45) is 11.8 Å². The number of rotatable bonds is 1. The number of amides is 2. The van der Waals surface area contributed by atoms with Crippen LogP contribution in [0.25, 0.3) is 0 Å². The van der Waals surface area contributed by atoms with Crippen LogP contribution in [0.5, 0.6) is 0 Å². The maximum atomic E-state index is 12.1. The lowest BCUT2D eigenvalue weighted by Gasteiger charge is -2.19. The van der Waals surface area contributed by atoms with Gasteiger partial charge in [-0.05, 0) is 12.8 Å². The lowest BCUT2D eigenvalue weighted by Crippen LogP contribution is -2.30. The number of hydrogen-bond donors (Lipinski definition) is 0. The van der Waals surface area contributed by atoms with Crippen LogP contribution < -0.4 is 0 Å². The van der Waals surface area contributed by atoms with Gasteiger partial charge in [-0.15, -0.1) is 0 Å². The molecule has 3 aliphatic heterocycles. The van der Waals surface area contributed by atoms with E-state index >= 15 is 0 Å². The Morgan fingerprint density at radius 2 is 1.59 bits per heavy atom. The molecule has 0 unspecified atom stereocenters. The van der Waals surface area contributed by atoms with Crippen LogP contribution in [-0.4, -0.2) is 31.5 Å². The standard InChI is InChI=1S/C9H8Cl3NO3S/c10-9(11,12)17-13-7(14)5-3-1-2-4(16-3)6(5)8(13)15/h3-6H,1-2H2/t3-,4-,5-,6-/m1/s1. The summed E-state index contributed by atoms with van der Waals surface area (Å²) in [6, 6.07) is 0. The van der Waals surface area contributed by atoms with Crippen molar-refractivity contribution < 1.29 is 14.3 Å². The Hall–Kier alpha value is 0.320. The summed E-state index contributed by atoms with van der Waals surface area (Å²) in [7, 11) is 0. The molecule has 3 heterocycles. The van der Waals surface area contributed by atoms with Gasteiger partial charge in [-0.25, -0.2) is 4.31 Å². The minimum absolute atomic E-state index is 0.137. The highest BCUT2D eigenvalue weighted by Crippen LogP contribution is 2.52. The number of carbonyl (C=O) groups is 2. The van der Waals surface area contributed by atoms with Gasteiger partial charge in [0.15, 0.2) is 0 Å². The van der Waals surface area contributed by atoms with Crippen molar-refractivity contribution >= 4 is 58.6 Å². The first-order chi connectivity index (χ1) is 7.88. The van der Waals surface area contributed by atoms with Crippen molar-refractivity contribution in [1.82, 2.24) is 4.31 Å². The molecule has 0 aromatic carbocycles. The molecule has 2 amide bonds. The van der Waals surface area contributed by atoms with Crippen molar-refractivity contribution in [3.63, 3.8) is 0 Å². The van der Waals surface area contributed by atoms with E-state index in [1.54, 1.807) is 0 Å². The zero-order chi connectivity index (χ0) is 12.4. The second-order valence-electron chi connectivity index (χ2n) is 4.35. The molecule has 0 N–H and O–H groups in total. The van der Waals surface area contributed by atoms with Gasteiger partial charge in [0.2, 0.25) is 11.8 Å². The minimum atomic E-state index is -1.70. The lowest BCUT2D eigenvalue weighted by molar-refractivity contribution is -0.135. The van der Waals surface area contributed by atoms with Crippen LogP contribution in [0.3, 0.4) is 0 Å². The molecule has 3 fully saturated rings. The van der Waals surface area contributed by atoms with Crippen molar-refractivity contribution in [3.05, 3.63) is 0 Å². The summed E-state index contributed by atoms with van der Waals surface area (Å²) in [5.41, 5.74) is 0. The molecule has 0 spiro atoms. The summed E-state index contributed by atoms with van der Waals surface area (Å²) in [6.45, 7) is 0. The zero-order valence-electron chi connectivity index (χ0n) is 8.44. The summed E-state index contributed by atoms with van der Waals surface area (Å²) < 4.78 is 4.87. The molecular weight excluding hydrogens is 309 g/mol. The van der Waals surface area contributed by atoms with Crippen LogP contribution in [0.1, 0.15) is 12.8 Å². The van der Waals surface area contributed by atoms with Gasteiger partial charge in [0, 0.05) is 11.9 Å². The first kappa shape index (κ1) is 12.4. The summed E-state index contributed by atoms with van der Waals surface area (Å²) in [5, 5.41) is 0. The average molecular weight is 317 g/mol. The second-order valence-corrected chi connectivity index (χ2v) is 8.46. The molecular formula is C9H8Cl3NO3S. The molecule has 4 atom stereocenters. The number of carbonyl (C=O) groups excluding carboxylic acids is 2. The predicted molar refractivity (Wildman–Crippen MR) is 64.6 cm³/mol. The summed E-state index contributed by atoms with van der Waals surface area (Å²) >= 11 is 17.5. The first-order valence-electron chi connectivity index (χ1n) is 5.17. The Morgan fingerprint density at radius 1 is 1.12 bits per heavy atom. The molecule has 0 radical (unpaired) electrons. The van der Waals surface area contributed by atoms with Crippen molar-refractivity contribution in [1.29, 1.82) is 0 Å². The topological polar surface area (TPSA) is 46.6 Å². The van der Waals surface area contributed by atoms with Gasteiger partial charge in [-0.2, -0.15) is 0 Å². The fourth-order valence-corrected chi connectivity index (χ4v) is 4.13. The second kappa shape index (κ2) is 3.90. The number of ether oxygens (including phenoxy) is 1. The van der Waals surface area contributed by atoms with Gasteiger partial charge in [0.1, 0.15) is 0 Å². The van der Waals surface area contributed by atoms with Gasteiger partial charge in [-0.3, -0.25) is 9.59 Å². The summed E-state index contributed by atoms with van der Waals surface area (Å²) in [4.78, 5) is 24.2. The van der Waals surface area contributed by atoms with E-state index in [0.29, 0.717) is 11.9 Å². The number of halogens is 3. The van der Waals surface area contributed by atoms with E-state index in [9.17, 15) is 9.59 Å². The molecule has 0 aliphatic carbocycles. The minimum Gasteiger partial charge on any atom is -0.373 e. The third kappa shape index (κ3) is 1.87. The molecule has 17 heavy (non-hydrogen) atoms. The fourth-order valence-electron chi connectivity index (χ4n) is 2.88. The van der Waals surface area contributed by atoms with Gasteiger partial charge in [0.05, 0.1) is 24.0 Å². The fraction of sp³-hybridized carbons (Fsp3) is 0.778. The number of alkyl halides is 3. The normalized spacial score (nSPS) is 40.3. The maximum absolute atomic E-state index is 12.1. The van der Waals surface area contributed by atoms with Crippen LogP contribution >= 0.6 is 46.8 Å². The Kier molecular flexibility index (Phi) is 2.84. The number of fused-ring (bicyclic) bond motifs is 5. The third-order valence-corrected chi connectivity index (χ3v) is 4.81. The van der Waals surface area contributed by atoms with Gasteiger partial charge >= 0.3 is 0 Å². The Labute approximate surface area is 117 Å². The Bertz CT molecular complexity index is 371. The molecule has 0 saturated carbocycles. The number of imide groups is 1. The summed E-state index contributed by atoms with van der Waals surface area (Å²) in [5.74, 6) is -1.32. The predicted octanol–water partition coefficient (Wildman–Crippen LogP) is 2.12. The summed E-state index contributed by atoms with van der Waals surface area (Å²) in [6.07, 6.45) is 1.39. The van der Waals surface area contributed by atoms with Crippen LogP contribution in [0.4, 0.5) is 0 Å². The smallest absolute Gasteiger partial charge is 0.256 e. The number of hydrogen-bond acceptors (Lipinski definition) is 4. The Balaban J connectivity index is 1.86. The van der Waals surface area contributed by atoms with Gasteiger partial charge < -0.3 is 4.74 Å². The van der Waals surface area contributed by atoms with Crippen LogP contribution in [0, 0.1) is 11.8 Å².